The predicted octanol–water partition coefficient (Wildman–Crippen LogP) is 2.34. The van der Waals surface area contributed by atoms with Gasteiger partial charge in [0.15, 0.2) is 0 Å². The van der Waals surface area contributed by atoms with Crippen molar-refractivity contribution in [1.29, 1.82) is 0 Å². The normalized spacial score (nSPS) is 12.8. The van der Waals surface area contributed by atoms with Crippen LogP contribution in [-0.4, -0.2) is 59.4 Å². The molecule has 0 aromatic heterocycles. The molecule has 0 aliphatic carbocycles. The van der Waals surface area contributed by atoms with Crippen LogP contribution < -0.4 is 5.73 Å². The second-order valence-electron chi connectivity index (χ2n) is 7.65. The third-order valence-corrected chi connectivity index (χ3v) is 5.04. The lowest BCUT2D eigenvalue weighted by Crippen LogP contribution is -2.53. The largest absolute Gasteiger partial charge is 0.508 e. The first-order chi connectivity index (χ1) is 14.2. The van der Waals surface area contributed by atoms with E-state index in [9.17, 15) is 19.1 Å². The quantitative estimate of drug-likeness (QED) is 0.658. The standard InChI is InChI=1S/C23H30FN3O3/c1-16(22(29)26(2)3)27(14-4-5-17-6-10-19(24)11-7-17)23(30)21(25)15-18-8-12-20(28)13-9-18/h6-13,16,21,28H,4-5,14-15,25H2,1-3H3/t16-,21?/m1/s1. The lowest BCUT2D eigenvalue weighted by atomic mass is 10.0. The summed E-state index contributed by atoms with van der Waals surface area (Å²) in [7, 11) is 3.30. The Kier molecular flexibility index (Phi) is 8.35. The number of likely N-dealkylation sites (N-methyl/N-ethyl adjacent to an activating group) is 1. The molecule has 30 heavy (non-hydrogen) atoms. The molecule has 0 aliphatic rings. The number of halogens is 1. The molecule has 0 saturated heterocycles. The van der Waals surface area contributed by atoms with Crippen LogP contribution in [0.1, 0.15) is 24.5 Å². The first-order valence-electron chi connectivity index (χ1n) is 9.98. The van der Waals surface area contributed by atoms with Gasteiger partial charge in [0.25, 0.3) is 0 Å². The van der Waals surface area contributed by atoms with Crippen molar-refractivity contribution in [3.8, 4) is 5.75 Å². The van der Waals surface area contributed by atoms with Crippen molar-refractivity contribution >= 4 is 11.8 Å². The Hall–Kier alpha value is -2.93. The highest BCUT2D eigenvalue weighted by atomic mass is 19.1. The number of phenolic OH excluding ortho intramolecular Hbond substituents is 1. The molecule has 3 N–H and O–H groups in total. The van der Waals surface area contributed by atoms with E-state index in [4.69, 9.17) is 5.73 Å². The summed E-state index contributed by atoms with van der Waals surface area (Å²) in [5.74, 6) is -0.626. The van der Waals surface area contributed by atoms with Gasteiger partial charge in [-0.1, -0.05) is 24.3 Å². The molecule has 6 nitrogen and oxygen atoms in total. The van der Waals surface area contributed by atoms with Crippen LogP contribution in [0.4, 0.5) is 4.39 Å². The topological polar surface area (TPSA) is 86.9 Å². The van der Waals surface area contributed by atoms with Gasteiger partial charge in [-0.15, -0.1) is 0 Å². The van der Waals surface area contributed by atoms with E-state index in [0.29, 0.717) is 25.8 Å². The maximum absolute atomic E-state index is 13.1. The molecular weight excluding hydrogens is 385 g/mol. The van der Waals surface area contributed by atoms with Crippen molar-refractivity contribution in [1.82, 2.24) is 9.80 Å². The number of carbonyl (C=O) groups excluding carboxylic acids is 2. The number of aromatic hydroxyl groups is 1. The molecule has 2 rings (SSSR count). The van der Waals surface area contributed by atoms with Crippen LogP contribution in [0.15, 0.2) is 48.5 Å². The number of nitrogens with two attached hydrogens (primary N) is 1. The first kappa shape index (κ1) is 23.3. The van der Waals surface area contributed by atoms with E-state index >= 15 is 0 Å². The van der Waals surface area contributed by atoms with E-state index in [1.54, 1.807) is 57.4 Å². The maximum Gasteiger partial charge on any atom is 0.244 e. The number of carbonyl (C=O) groups is 2. The molecule has 1 unspecified atom stereocenters. The average Bonchev–Trinajstić information content (AvgIpc) is 2.72. The van der Waals surface area contributed by atoms with Crippen LogP contribution in [0.5, 0.6) is 5.75 Å². The van der Waals surface area contributed by atoms with Gasteiger partial charge >= 0.3 is 0 Å². The summed E-state index contributed by atoms with van der Waals surface area (Å²) in [6.45, 7) is 2.06. The Bertz CT molecular complexity index is 838. The van der Waals surface area contributed by atoms with Crippen molar-refractivity contribution in [3.63, 3.8) is 0 Å². The fourth-order valence-electron chi connectivity index (χ4n) is 3.29. The van der Waals surface area contributed by atoms with Crippen molar-refractivity contribution in [2.45, 2.75) is 38.3 Å². The Morgan fingerprint density at radius 1 is 1.00 bits per heavy atom. The lowest BCUT2D eigenvalue weighted by molar-refractivity contribution is -0.144. The molecule has 2 aromatic carbocycles. The van der Waals surface area contributed by atoms with Gasteiger partial charge in [0, 0.05) is 20.6 Å². The van der Waals surface area contributed by atoms with Gasteiger partial charge < -0.3 is 20.6 Å². The molecule has 2 atom stereocenters. The number of aryl methyl sites for hydroxylation is 1. The summed E-state index contributed by atoms with van der Waals surface area (Å²) in [5.41, 5.74) is 7.97. The van der Waals surface area contributed by atoms with Gasteiger partial charge in [-0.25, -0.2) is 4.39 Å². The molecule has 0 fully saturated rings. The van der Waals surface area contributed by atoms with Crippen molar-refractivity contribution in [2.24, 2.45) is 5.73 Å². The lowest BCUT2D eigenvalue weighted by Gasteiger charge is -2.32. The third kappa shape index (κ3) is 6.56. The second kappa shape index (κ2) is 10.7. The van der Waals surface area contributed by atoms with Crippen LogP contribution in [0, 0.1) is 5.82 Å². The van der Waals surface area contributed by atoms with Crippen molar-refractivity contribution in [3.05, 3.63) is 65.5 Å². The van der Waals surface area contributed by atoms with Crippen LogP contribution in [0.25, 0.3) is 0 Å². The Morgan fingerprint density at radius 2 is 1.57 bits per heavy atom. The molecule has 7 heteroatoms. The maximum atomic E-state index is 13.1. The number of rotatable bonds is 9. The SMILES string of the molecule is C[C@H](C(=O)N(C)C)N(CCCc1ccc(F)cc1)C(=O)C(N)Cc1ccc(O)cc1. The number of hydrogen-bond donors (Lipinski definition) is 2. The van der Waals surface area contributed by atoms with E-state index < -0.39 is 12.1 Å². The molecule has 0 bridgehead atoms. The highest BCUT2D eigenvalue weighted by Gasteiger charge is 2.30. The molecule has 2 aromatic rings. The monoisotopic (exact) mass is 415 g/mol. The molecule has 0 radical (unpaired) electrons. The summed E-state index contributed by atoms with van der Waals surface area (Å²) in [6.07, 6.45) is 1.57. The zero-order valence-corrected chi connectivity index (χ0v) is 17.7. The fraction of sp³-hybridized carbons (Fsp3) is 0.391. The van der Waals surface area contributed by atoms with Gasteiger partial charge in [0.05, 0.1) is 6.04 Å². The number of amides is 2. The summed E-state index contributed by atoms with van der Waals surface area (Å²) in [4.78, 5) is 28.6. The van der Waals surface area contributed by atoms with Crippen LogP contribution >= 0.6 is 0 Å². The third-order valence-electron chi connectivity index (χ3n) is 5.04. The number of hydrogen-bond acceptors (Lipinski definition) is 4. The minimum absolute atomic E-state index is 0.145. The van der Waals surface area contributed by atoms with Crippen molar-refractivity contribution in [2.75, 3.05) is 20.6 Å². The van der Waals surface area contributed by atoms with Gasteiger partial charge in [-0.3, -0.25) is 9.59 Å². The van der Waals surface area contributed by atoms with Crippen LogP contribution in [0.2, 0.25) is 0 Å². The summed E-state index contributed by atoms with van der Waals surface area (Å²) in [6, 6.07) is 11.3. The average molecular weight is 416 g/mol. The van der Waals surface area contributed by atoms with Gasteiger partial charge in [-0.05, 0) is 61.6 Å². The van der Waals surface area contributed by atoms with E-state index in [-0.39, 0.29) is 23.4 Å². The zero-order valence-electron chi connectivity index (χ0n) is 17.7. The highest BCUT2D eigenvalue weighted by Crippen LogP contribution is 2.14. The fourth-order valence-corrected chi connectivity index (χ4v) is 3.29. The summed E-state index contributed by atoms with van der Waals surface area (Å²) < 4.78 is 13.1. The minimum Gasteiger partial charge on any atom is -0.508 e. The molecule has 0 heterocycles. The molecule has 2 amide bonds. The molecular formula is C23H30FN3O3. The zero-order chi connectivity index (χ0) is 22.3. The second-order valence-corrected chi connectivity index (χ2v) is 7.65. The molecule has 0 spiro atoms. The number of phenols is 1. The van der Waals surface area contributed by atoms with Crippen LogP contribution in [0.3, 0.4) is 0 Å². The highest BCUT2D eigenvalue weighted by molar-refractivity contribution is 5.89. The smallest absolute Gasteiger partial charge is 0.244 e. The van der Waals surface area contributed by atoms with Crippen LogP contribution in [-0.2, 0) is 22.4 Å². The summed E-state index contributed by atoms with van der Waals surface area (Å²) in [5, 5.41) is 9.41. The van der Waals surface area contributed by atoms with Gasteiger partial charge in [0.2, 0.25) is 11.8 Å². The predicted molar refractivity (Wildman–Crippen MR) is 114 cm³/mol. The van der Waals surface area contributed by atoms with Gasteiger partial charge in [-0.2, -0.15) is 0 Å². The van der Waals surface area contributed by atoms with E-state index in [0.717, 1.165) is 11.1 Å². The number of benzene rings is 2. The first-order valence-corrected chi connectivity index (χ1v) is 9.98. The van der Waals surface area contributed by atoms with E-state index in [1.165, 1.54) is 21.9 Å². The minimum atomic E-state index is -0.808. The number of nitrogens with zero attached hydrogens (tertiary/aromatic N) is 2. The van der Waals surface area contributed by atoms with Crippen molar-refractivity contribution < 1.29 is 19.1 Å². The Balaban J connectivity index is 2.08. The molecule has 0 saturated carbocycles. The van der Waals surface area contributed by atoms with E-state index in [1.807, 2.05) is 0 Å². The molecule has 0 aliphatic heterocycles. The van der Waals surface area contributed by atoms with E-state index in [2.05, 4.69) is 0 Å². The molecule has 162 valence electrons. The Morgan fingerprint density at radius 3 is 2.13 bits per heavy atom. The Labute approximate surface area is 177 Å². The summed E-state index contributed by atoms with van der Waals surface area (Å²) >= 11 is 0. The van der Waals surface area contributed by atoms with Gasteiger partial charge in [0.1, 0.15) is 17.6 Å².